The number of fused-ring (bicyclic) bond motifs is 1. The van der Waals surface area contributed by atoms with Crippen molar-refractivity contribution < 1.29 is 14.3 Å². The number of hydrogen-bond donors (Lipinski definition) is 1. The molecule has 3 rings (SSSR count). The Bertz CT molecular complexity index is 779. The largest absolute Gasteiger partial charge is 0.448 e. The van der Waals surface area contributed by atoms with Crippen LogP contribution in [0.5, 0.6) is 0 Å². The first kappa shape index (κ1) is 15.7. The summed E-state index contributed by atoms with van der Waals surface area (Å²) in [5.41, 5.74) is 1.62. The van der Waals surface area contributed by atoms with E-state index in [1.54, 1.807) is 11.4 Å². The number of hydrogen-bond acceptors (Lipinski definition) is 6. The predicted octanol–water partition coefficient (Wildman–Crippen LogP) is 3.35. The maximum absolute atomic E-state index is 12.1. The number of amides is 1. The van der Waals surface area contributed by atoms with Crippen molar-refractivity contribution in [3.63, 3.8) is 0 Å². The van der Waals surface area contributed by atoms with Gasteiger partial charge in [0.25, 0.3) is 5.91 Å². The van der Waals surface area contributed by atoms with Crippen LogP contribution in [0.3, 0.4) is 0 Å². The molecule has 2 heterocycles. The zero-order chi connectivity index (χ0) is 16.4. The Morgan fingerprint density at radius 2 is 2.26 bits per heavy atom. The van der Waals surface area contributed by atoms with Crippen LogP contribution in [0.4, 0.5) is 5.00 Å². The van der Waals surface area contributed by atoms with E-state index in [1.807, 2.05) is 12.1 Å². The molecule has 118 valence electrons. The van der Waals surface area contributed by atoms with Crippen LogP contribution in [-0.4, -0.2) is 18.0 Å². The first-order chi connectivity index (χ1) is 11.1. The molecule has 1 aliphatic carbocycles. The first-order valence-corrected chi connectivity index (χ1v) is 8.89. The fourth-order valence-corrected chi connectivity index (χ4v) is 4.29. The quantitative estimate of drug-likeness (QED) is 0.861. The van der Waals surface area contributed by atoms with Crippen LogP contribution < -0.4 is 5.32 Å². The van der Waals surface area contributed by atoms with Crippen LogP contribution >= 0.6 is 22.7 Å². The van der Waals surface area contributed by atoms with Crippen LogP contribution in [0.15, 0.2) is 17.5 Å². The normalized spacial score (nSPS) is 13.9. The molecule has 1 aliphatic rings. The summed E-state index contributed by atoms with van der Waals surface area (Å²) in [5, 5.41) is 13.7. The molecule has 1 amide bonds. The van der Waals surface area contributed by atoms with Gasteiger partial charge in [-0.2, -0.15) is 5.26 Å². The lowest BCUT2D eigenvalue weighted by Gasteiger charge is -2.12. The second-order valence-electron chi connectivity index (χ2n) is 5.22. The molecule has 0 fully saturated rings. The van der Waals surface area contributed by atoms with Crippen molar-refractivity contribution in [2.24, 2.45) is 0 Å². The number of anilines is 1. The first-order valence-electron chi connectivity index (χ1n) is 7.19. The van der Waals surface area contributed by atoms with E-state index in [-0.39, 0.29) is 0 Å². The van der Waals surface area contributed by atoms with Gasteiger partial charge in [-0.1, -0.05) is 0 Å². The van der Waals surface area contributed by atoms with Gasteiger partial charge in [-0.25, -0.2) is 4.79 Å². The molecular formula is C16H14N2O3S2. The summed E-state index contributed by atoms with van der Waals surface area (Å²) in [5.74, 6) is -0.917. The van der Waals surface area contributed by atoms with E-state index in [4.69, 9.17) is 10.00 Å². The molecule has 2 aromatic heterocycles. The number of ether oxygens (including phenoxy) is 1. The third-order valence-electron chi connectivity index (χ3n) is 3.62. The van der Waals surface area contributed by atoms with Crippen molar-refractivity contribution in [1.29, 1.82) is 5.26 Å². The molecular weight excluding hydrogens is 332 g/mol. The summed E-state index contributed by atoms with van der Waals surface area (Å²) in [4.78, 5) is 26.0. The van der Waals surface area contributed by atoms with Gasteiger partial charge in [-0.3, -0.25) is 4.79 Å². The number of aryl methyl sites for hydroxylation is 2. The monoisotopic (exact) mass is 346 g/mol. The molecule has 7 heteroatoms. The van der Waals surface area contributed by atoms with E-state index in [9.17, 15) is 9.59 Å². The van der Waals surface area contributed by atoms with Gasteiger partial charge in [0.2, 0.25) is 0 Å². The highest BCUT2D eigenvalue weighted by atomic mass is 32.1. The van der Waals surface area contributed by atoms with Crippen LogP contribution in [0, 0.1) is 11.3 Å². The standard InChI is InChI=1S/C16H14N2O3S2/c1-9(14(19)18-15-11(8-17)5-6-22-15)21-16(20)13-7-10-3-2-4-12(10)23-13/h5-7,9H,2-4H2,1H3,(H,18,19). The van der Waals surface area contributed by atoms with Crippen LogP contribution in [0.1, 0.15) is 39.0 Å². The smallest absolute Gasteiger partial charge is 0.349 e. The number of nitriles is 1. The highest BCUT2D eigenvalue weighted by Crippen LogP contribution is 2.31. The number of rotatable bonds is 4. The number of carbonyl (C=O) groups is 2. The van der Waals surface area contributed by atoms with Crippen molar-refractivity contribution >= 4 is 39.6 Å². The fourth-order valence-electron chi connectivity index (χ4n) is 2.41. The molecule has 0 spiro atoms. The van der Waals surface area contributed by atoms with Crippen molar-refractivity contribution in [3.8, 4) is 6.07 Å². The summed E-state index contributed by atoms with van der Waals surface area (Å²) in [6.07, 6.45) is 2.23. The van der Waals surface area contributed by atoms with Crippen LogP contribution in [-0.2, 0) is 22.4 Å². The summed E-state index contributed by atoms with van der Waals surface area (Å²) >= 11 is 2.71. The highest BCUT2D eigenvalue weighted by Gasteiger charge is 2.24. The van der Waals surface area contributed by atoms with Gasteiger partial charge in [-0.15, -0.1) is 22.7 Å². The van der Waals surface area contributed by atoms with Crippen molar-refractivity contribution in [2.75, 3.05) is 5.32 Å². The fraction of sp³-hybridized carbons (Fsp3) is 0.312. The van der Waals surface area contributed by atoms with Gasteiger partial charge >= 0.3 is 5.97 Å². The molecule has 0 saturated carbocycles. The van der Waals surface area contributed by atoms with Gasteiger partial charge in [0.1, 0.15) is 15.9 Å². The maximum atomic E-state index is 12.1. The Morgan fingerprint density at radius 1 is 1.43 bits per heavy atom. The second-order valence-corrected chi connectivity index (χ2v) is 7.28. The summed E-state index contributed by atoms with van der Waals surface area (Å²) in [6, 6.07) is 5.50. The van der Waals surface area contributed by atoms with Gasteiger partial charge in [-0.05, 0) is 49.3 Å². The molecule has 0 aromatic carbocycles. The van der Waals surface area contributed by atoms with E-state index in [2.05, 4.69) is 5.32 Å². The minimum absolute atomic E-state index is 0.400. The second kappa shape index (κ2) is 6.52. The molecule has 0 radical (unpaired) electrons. The summed E-state index contributed by atoms with van der Waals surface area (Å²) in [7, 11) is 0. The van der Waals surface area contributed by atoms with E-state index >= 15 is 0 Å². The molecule has 23 heavy (non-hydrogen) atoms. The van der Waals surface area contributed by atoms with Crippen LogP contribution in [0.25, 0.3) is 0 Å². The van der Waals surface area contributed by atoms with E-state index in [1.165, 1.54) is 40.0 Å². The number of nitrogens with zero attached hydrogens (tertiary/aromatic N) is 1. The molecule has 5 nitrogen and oxygen atoms in total. The SMILES string of the molecule is CC(OC(=O)c1cc2c(s1)CCC2)C(=O)Nc1sccc1C#N. The molecule has 2 aromatic rings. The van der Waals surface area contributed by atoms with Crippen molar-refractivity contribution in [3.05, 3.63) is 38.4 Å². The lowest BCUT2D eigenvalue weighted by Crippen LogP contribution is -2.29. The highest BCUT2D eigenvalue weighted by molar-refractivity contribution is 7.14. The summed E-state index contributed by atoms with van der Waals surface area (Å²) in [6.45, 7) is 1.52. The van der Waals surface area contributed by atoms with Gasteiger partial charge in [0, 0.05) is 4.88 Å². The third-order valence-corrected chi connectivity index (χ3v) is 5.67. The number of nitrogens with one attached hydrogen (secondary N) is 1. The Morgan fingerprint density at radius 3 is 3.00 bits per heavy atom. The van der Waals surface area contributed by atoms with Gasteiger partial charge in [0.05, 0.1) is 5.56 Å². The van der Waals surface area contributed by atoms with E-state index < -0.39 is 18.0 Å². The minimum atomic E-state index is -0.923. The molecule has 1 N–H and O–H groups in total. The summed E-state index contributed by atoms with van der Waals surface area (Å²) < 4.78 is 5.24. The topological polar surface area (TPSA) is 79.2 Å². The van der Waals surface area contributed by atoms with E-state index in [0.717, 1.165) is 19.3 Å². The Kier molecular flexibility index (Phi) is 4.46. The van der Waals surface area contributed by atoms with Crippen molar-refractivity contribution in [1.82, 2.24) is 0 Å². The van der Waals surface area contributed by atoms with Gasteiger partial charge in [0.15, 0.2) is 6.10 Å². The predicted molar refractivity (Wildman–Crippen MR) is 88.9 cm³/mol. The number of carbonyl (C=O) groups excluding carboxylic acids is 2. The maximum Gasteiger partial charge on any atom is 0.349 e. The van der Waals surface area contributed by atoms with Crippen molar-refractivity contribution in [2.45, 2.75) is 32.3 Å². The molecule has 1 atom stereocenters. The lowest BCUT2D eigenvalue weighted by molar-refractivity contribution is -0.123. The Labute approximate surface area is 141 Å². The van der Waals surface area contributed by atoms with Gasteiger partial charge < -0.3 is 10.1 Å². The molecule has 0 bridgehead atoms. The number of esters is 1. The number of thiophene rings is 2. The Balaban J connectivity index is 1.61. The van der Waals surface area contributed by atoms with E-state index in [0.29, 0.717) is 15.4 Å². The average Bonchev–Trinajstić information content (AvgIpc) is 3.21. The zero-order valence-corrected chi connectivity index (χ0v) is 14.1. The molecule has 1 unspecified atom stereocenters. The zero-order valence-electron chi connectivity index (χ0n) is 12.4. The minimum Gasteiger partial charge on any atom is -0.448 e. The molecule has 0 aliphatic heterocycles. The average molecular weight is 346 g/mol. The van der Waals surface area contributed by atoms with Crippen LogP contribution in [0.2, 0.25) is 0 Å². The lowest BCUT2D eigenvalue weighted by atomic mass is 10.2. The Hall–Kier alpha value is -2.17. The third kappa shape index (κ3) is 3.28. The molecule has 0 saturated heterocycles.